The number of hydrogen-bond acceptors (Lipinski definition) is 5. The van der Waals surface area contributed by atoms with E-state index >= 15 is 0 Å². The van der Waals surface area contributed by atoms with Crippen LogP contribution in [0.15, 0.2) is 54.7 Å². The minimum absolute atomic E-state index is 0.000252. The van der Waals surface area contributed by atoms with Gasteiger partial charge in [-0.25, -0.2) is 9.69 Å². The van der Waals surface area contributed by atoms with Crippen molar-refractivity contribution < 1.29 is 19.1 Å². The normalized spacial score (nSPS) is 15.1. The van der Waals surface area contributed by atoms with Crippen LogP contribution in [-0.2, 0) is 9.53 Å². The number of pyridine rings is 1. The topological polar surface area (TPSA) is 88.6 Å². The Kier molecular flexibility index (Phi) is 4.51. The van der Waals surface area contributed by atoms with Crippen molar-refractivity contribution in [3.8, 4) is 0 Å². The Balaban J connectivity index is 1.81. The molecule has 1 saturated heterocycles. The van der Waals surface area contributed by atoms with Crippen molar-refractivity contribution in [3.63, 3.8) is 0 Å². The fourth-order valence-electron chi connectivity index (χ4n) is 2.39. The summed E-state index contributed by atoms with van der Waals surface area (Å²) in [6, 6.07) is 13.6. The predicted octanol–water partition coefficient (Wildman–Crippen LogP) is 1.53. The van der Waals surface area contributed by atoms with Crippen LogP contribution in [0.25, 0.3) is 0 Å². The molecular weight excluding hydrogens is 310 g/mol. The third-order valence-corrected chi connectivity index (χ3v) is 3.61. The number of imide groups is 1. The fourth-order valence-corrected chi connectivity index (χ4v) is 2.39. The number of aromatic nitrogens is 1. The monoisotopic (exact) mass is 325 g/mol. The largest absolute Gasteiger partial charge is 0.439 e. The maximum Gasteiger partial charge on any atom is 0.417 e. The highest BCUT2D eigenvalue weighted by atomic mass is 16.6. The summed E-state index contributed by atoms with van der Waals surface area (Å²) in [5, 5.41) is 2.81. The fraction of sp³-hybridized carbons (Fsp3) is 0.176. The van der Waals surface area contributed by atoms with Gasteiger partial charge in [-0.2, -0.15) is 0 Å². The molecule has 0 bridgehead atoms. The minimum Gasteiger partial charge on any atom is -0.439 e. The molecule has 3 amide bonds. The van der Waals surface area contributed by atoms with E-state index in [4.69, 9.17) is 4.74 Å². The molecule has 1 aromatic heterocycles. The van der Waals surface area contributed by atoms with E-state index < -0.39 is 18.0 Å². The van der Waals surface area contributed by atoms with E-state index in [0.717, 1.165) is 10.5 Å². The number of amides is 3. The number of cyclic esters (lactones) is 1. The number of carbonyl (C=O) groups is 3. The van der Waals surface area contributed by atoms with Crippen LogP contribution in [0, 0.1) is 0 Å². The van der Waals surface area contributed by atoms with Gasteiger partial charge in [0.05, 0.1) is 12.6 Å². The van der Waals surface area contributed by atoms with E-state index in [2.05, 4.69) is 10.3 Å². The number of nitrogens with zero attached hydrogens (tertiary/aromatic N) is 2. The zero-order valence-electron chi connectivity index (χ0n) is 12.7. The third-order valence-electron chi connectivity index (χ3n) is 3.61. The molecule has 24 heavy (non-hydrogen) atoms. The van der Waals surface area contributed by atoms with Crippen LogP contribution in [0.5, 0.6) is 0 Å². The molecule has 1 fully saturated rings. The SMILES string of the molecule is O=C(N[C@H](CN1C(=O)COC1=O)c1ccccc1)c1ccccn1. The van der Waals surface area contributed by atoms with Gasteiger partial charge in [0.2, 0.25) is 0 Å². The van der Waals surface area contributed by atoms with Crippen LogP contribution in [0.4, 0.5) is 4.79 Å². The number of carbonyl (C=O) groups excluding carboxylic acids is 3. The van der Waals surface area contributed by atoms with E-state index in [0.29, 0.717) is 0 Å². The second-order valence-electron chi connectivity index (χ2n) is 5.21. The van der Waals surface area contributed by atoms with Gasteiger partial charge in [0.1, 0.15) is 5.69 Å². The summed E-state index contributed by atoms with van der Waals surface area (Å²) in [4.78, 5) is 40.8. The molecule has 122 valence electrons. The van der Waals surface area contributed by atoms with Crippen molar-refractivity contribution in [1.29, 1.82) is 0 Å². The van der Waals surface area contributed by atoms with Gasteiger partial charge in [-0.15, -0.1) is 0 Å². The first kappa shape index (κ1) is 15.7. The van der Waals surface area contributed by atoms with Gasteiger partial charge in [-0.1, -0.05) is 36.4 Å². The molecule has 7 heteroatoms. The van der Waals surface area contributed by atoms with Gasteiger partial charge in [0, 0.05) is 6.20 Å². The van der Waals surface area contributed by atoms with Gasteiger partial charge in [0.25, 0.3) is 11.8 Å². The van der Waals surface area contributed by atoms with Crippen LogP contribution in [0.2, 0.25) is 0 Å². The molecule has 0 aliphatic carbocycles. The molecule has 7 nitrogen and oxygen atoms in total. The van der Waals surface area contributed by atoms with Crippen molar-refractivity contribution in [3.05, 3.63) is 66.0 Å². The summed E-state index contributed by atoms with van der Waals surface area (Å²) in [7, 11) is 0. The number of ether oxygens (including phenoxy) is 1. The Labute approximate surface area is 138 Å². The lowest BCUT2D eigenvalue weighted by atomic mass is 10.1. The minimum atomic E-state index is -0.701. The van der Waals surface area contributed by atoms with Crippen LogP contribution >= 0.6 is 0 Å². The first-order valence-corrected chi connectivity index (χ1v) is 7.39. The molecule has 1 atom stereocenters. The van der Waals surface area contributed by atoms with Gasteiger partial charge >= 0.3 is 6.09 Å². The Morgan fingerprint density at radius 2 is 1.92 bits per heavy atom. The number of hydrogen-bond donors (Lipinski definition) is 1. The molecule has 0 spiro atoms. The molecule has 1 N–H and O–H groups in total. The van der Waals surface area contributed by atoms with Crippen molar-refractivity contribution in [2.45, 2.75) is 6.04 Å². The van der Waals surface area contributed by atoms with E-state index in [-0.39, 0.29) is 24.8 Å². The summed E-state index contributed by atoms with van der Waals surface area (Å²) in [6.07, 6.45) is 0.821. The molecule has 1 aromatic carbocycles. The standard InChI is InChI=1S/C17H15N3O4/c21-15-11-24-17(23)20(15)10-14(12-6-2-1-3-7-12)19-16(22)13-8-4-5-9-18-13/h1-9,14H,10-11H2,(H,19,22)/t14-/m1/s1. The lowest BCUT2D eigenvalue weighted by Gasteiger charge is -2.22. The van der Waals surface area contributed by atoms with Crippen LogP contribution in [0.1, 0.15) is 22.1 Å². The highest BCUT2D eigenvalue weighted by Gasteiger charge is 2.33. The Bertz CT molecular complexity index is 733. The summed E-state index contributed by atoms with van der Waals surface area (Å²) >= 11 is 0. The van der Waals surface area contributed by atoms with Crippen molar-refractivity contribution in [2.24, 2.45) is 0 Å². The van der Waals surface area contributed by atoms with E-state index in [9.17, 15) is 14.4 Å². The quantitative estimate of drug-likeness (QED) is 0.900. The van der Waals surface area contributed by atoms with Gasteiger partial charge in [-0.05, 0) is 17.7 Å². The molecule has 1 aliphatic heterocycles. The predicted molar refractivity (Wildman–Crippen MR) is 83.9 cm³/mol. The molecular formula is C17H15N3O4. The molecule has 0 unspecified atom stereocenters. The second kappa shape index (κ2) is 6.91. The summed E-state index contributed by atoms with van der Waals surface area (Å²) in [5.41, 5.74) is 1.03. The average Bonchev–Trinajstić information content (AvgIpc) is 2.94. The van der Waals surface area contributed by atoms with Crippen molar-refractivity contribution in [1.82, 2.24) is 15.2 Å². The second-order valence-corrected chi connectivity index (χ2v) is 5.21. The highest BCUT2D eigenvalue weighted by molar-refractivity contribution is 5.98. The van der Waals surface area contributed by atoms with Crippen LogP contribution in [0.3, 0.4) is 0 Å². The van der Waals surface area contributed by atoms with Gasteiger partial charge in [0.15, 0.2) is 6.61 Å². The van der Waals surface area contributed by atoms with Crippen molar-refractivity contribution >= 4 is 17.9 Å². The van der Waals surface area contributed by atoms with Crippen LogP contribution < -0.4 is 5.32 Å². The molecule has 1 aliphatic rings. The van der Waals surface area contributed by atoms with E-state index in [1.54, 1.807) is 18.2 Å². The molecule has 0 radical (unpaired) electrons. The zero-order chi connectivity index (χ0) is 16.9. The molecule has 2 heterocycles. The first-order chi connectivity index (χ1) is 11.6. The van der Waals surface area contributed by atoms with Crippen LogP contribution in [-0.4, -0.2) is 40.9 Å². The number of nitrogens with one attached hydrogen (secondary N) is 1. The summed E-state index contributed by atoms with van der Waals surface area (Å²) < 4.78 is 4.72. The Morgan fingerprint density at radius 3 is 2.54 bits per heavy atom. The Morgan fingerprint density at radius 1 is 1.17 bits per heavy atom. The smallest absolute Gasteiger partial charge is 0.417 e. The molecule has 3 rings (SSSR count). The van der Waals surface area contributed by atoms with Gasteiger partial charge < -0.3 is 10.1 Å². The van der Waals surface area contributed by atoms with Crippen molar-refractivity contribution in [2.75, 3.05) is 13.2 Å². The average molecular weight is 325 g/mol. The maximum absolute atomic E-state index is 12.4. The first-order valence-electron chi connectivity index (χ1n) is 7.39. The number of benzene rings is 1. The van der Waals surface area contributed by atoms with E-state index in [1.165, 1.54) is 6.20 Å². The van der Waals surface area contributed by atoms with Gasteiger partial charge in [-0.3, -0.25) is 14.6 Å². The maximum atomic E-state index is 12.4. The molecule has 0 saturated carbocycles. The van der Waals surface area contributed by atoms with E-state index in [1.807, 2.05) is 30.3 Å². The Hall–Kier alpha value is -3.22. The molecule has 2 aromatic rings. The highest BCUT2D eigenvalue weighted by Crippen LogP contribution is 2.18. The lowest BCUT2D eigenvalue weighted by Crippen LogP contribution is -2.40. The third kappa shape index (κ3) is 3.40. The number of rotatable bonds is 5. The summed E-state index contributed by atoms with van der Waals surface area (Å²) in [6.45, 7) is -0.269. The summed E-state index contributed by atoms with van der Waals surface area (Å²) in [5.74, 6) is -0.808. The lowest BCUT2D eigenvalue weighted by molar-refractivity contribution is -0.126. The zero-order valence-corrected chi connectivity index (χ0v) is 12.7.